The third-order valence-electron chi connectivity index (χ3n) is 5.25. The first-order valence-corrected chi connectivity index (χ1v) is 10.2. The SMILES string of the molecule is CC(C)c1ccc([C@H]2c3c(oc4ccccc4c3=O)C(=O)N2c2nncs2)cc1. The summed E-state index contributed by atoms with van der Waals surface area (Å²) < 4.78 is 5.90. The molecule has 4 aromatic rings. The van der Waals surface area contributed by atoms with Crippen molar-refractivity contribution in [3.05, 3.63) is 86.7 Å². The van der Waals surface area contributed by atoms with Crippen molar-refractivity contribution in [2.75, 3.05) is 4.90 Å². The number of nitrogens with zero attached hydrogens (tertiary/aromatic N) is 3. The van der Waals surface area contributed by atoms with Crippen molar-refractivity contribution in [3.63, 3.8) is 0 Å². The first-order valence-electron chi connectivity index (χ1n) is 9.31. The normalized spacial score (nSPS) is 16.0. The van der Waals surface area contributed by atoms with Gasteiger partial charge in [0.1, 0.15) is 11.1 Å². The fraction of sp³-hybridized carbons (Fsp3) is 0.182. The van der Waals surface area contributed by atoms with Crippen LogP contribution in [-0.4, -0.2) is 16.1 Å². The summed E-state index contributed by atoms with van der Waals surface area (Å²) in [5, 5.41) is 8.85. The molecule has 5 rings (SSSR count). The summed E-state index contributed by atoms with van der Waals surface area (Å²) in [5.74, 6) is 0.0780. The molecule has 2 aromatic carbocycles. The van der Waals surface area contributed by atoms with Gasteiger partial charge in [-0.1, -0.05) is 61.6 Å². The quantitative estimate of drug-likeness (QED) is 0.503. The third kappa shape index (κ3) is 2.69. The molecule has 1 atom stereocenters. The van der Waals surface area contributed by atoms with Crippen molar-refractivity contribution in [3.8, 4) is 0 Å². The van der Waals surface area contributed by atoms with E-state index in [1.54, 1.807) is 29.8 Å². The summed E-state index contributed by atoms with van der Waals surface area (Å²) in [4.78, 5) is 28.2. The highest BCUT2D eigenvalue weighted by atomic mass is 32.1. The Balaban J connectivity index is 1.77. The van der Waals surface area contributed by atoms with E-state index in [-0.39, 0.29) is 17.1 Å². The first-order chi connectivity index (χ1) is 14.1. The second kappa shape index (κ2) is 6.63. The zero-order chi connectivity index (χ0) is 20.1. The van der Waals surface area contributed by atoms with Crippen LogP contribution in [0.1, 0.15) is 53.1 Å². The monoisotopic (exact) mass is 403 g/mol. The minimum atomic E-state index is -0.604. The van der Waals surface area contributed by atoms with Gasteiger partial charge in [0.05, 0.1) is 17.0 Å². The molecule has 1 aliphatic heterocycles. The standard InChI is InChI=1S/C22H17N3O3S/c1-12(2)13-7-9-14(10-8-13)18-17-19(26)15-5-3-4-6-16(15)28-20(17)21(27)25(18)22-24-23-11-29-22/h3-12,18H,1-2H3/t18-/m0/s1. The summed E-state index contributed by atoms with van der Waals surface area (Å²) in [6.07, 6.45) is 0. The van der Waals surface area contributed by atoms with Gasteiger partial charge in [-0.25, -0.2) is 0 Å². The molecule has 1 aliphatic rings. The summed E-state index contributed by atoms with van der Waals surface area (Å²) in [6.45, 7) is 4.25. The minimum Gasteiger partial charge on any atom is -0.450 e. The van der Waals surface area contributed by atoms with E-state index in [1.165, 1.54) is 21.8 Å². The molecule has 0 N–H and O–H groups in total. The van der Waals surface area contributed by atoms with Crippen LogP contribution in [0.15, 0.2) is 63.3 Å². The molecule has 1 amide bonds. The Morgan fingerprint density at radius 1 is 1.07 bits per heavy atom. The van der Waals surface area contributed by atoms with Crippen LogP contribution in [0.25, 0.3) is 11.0 Å². The number of hydrogen-bond acceptors (Lipinski definition) is 6. The highest BCUT2D eigenvalue weighted by Crippen LogP contribution is 2.41. The van der Waals surface area contributed by atoms with Gasteiger partial charge in [0.15, 0.2) is 5.43 Å². The maximum absolute atomic E-state index is 13.4. The molecule has 0 spiro atoms. The van der Waals surface area contributed by atoms with Crippen LogP contribution in [0.3, 0.4) is 0 Å². The van der Waals surface area contributed by atoms with Crippen molar-refractivity contribution < 1.29 is 9.21 Å². The fourth-order valence-electron chi connectivity index (χ4n) is 3.77. The Morgan fingerprint density at radius 2 is 1.83 bits per heavy atom. The van der Waals surface area contributed by atoms with Crippen molar-refractivity contribution in [2.24, 2.45) is 0 Å². The molecular weight excluding hydrogens is 386 g/mol. The van der Waals surface area contributed by atoms with Crippen LogP contribution in [0.2, 0.25) is 0 Å². The predicted molar refractivity (Wildman–Crippen MR) is 112 cm³/mol. The van der Waals surface area contributed by atoms with E-state index < -0.39 is 6.04 Å². The van der Waals surface area contributed by atoms with Gasteiger partial charge in [-0.3, -0.25) is 14.5 Å². The lowest BCUT2D eigenvalue weighted by atomic mass is 9.95. The van der Waals surface area contributed by atoms with Gasteiger partial charge in [-0.2, -0.15) is 0 Å². The van der Waals surface area contributed by atoms with E-state index in [9.17, 15) is 9.59 Å². The summed E-state index contributed by atoms with van der Waals surface area (Å²) >= 11 is 1.25. The average molecular weight is 403 g/mol. The zero-order valence-corrected chi connectivity index (χ0v) is 16.6. The number of hydrogen-bond donors (Lipinski definition) is 0. The molecule has 6 nitrogen and oxygen atoms in total. The number of amides is 1. The summed E-state index contributed by atoms with van der Waals surface area (Å²) in [6, 6.07) is 14.4. The summed E-state index contributed by atoms with van der Waals surface area (Å²) in [5.41, 5.74) is 4.14. The lowest BCUT2D eigenvalue weighted by Crippen LogP contribution is -2.29. The van der Waals surface area contributed by atoms with Crippen molar-refractivity contribution >= 4 is 33.3 Å². The lowest BCUT2D eigenvalue weighted by Gasteiger charge is -2.22. The van der Waals surface area contributed by atoms with Crippen LogP contribution >= 0.6 is 11.3 Å². The van der Waals surface area contributed by atoms with E-state index in [4.69, 9.17) is 4.42 Å². The Kier molecular flexibility index (Phi) is 4.06. The van der Waals surface area contributed by atoms with E-state index >= 15 is 0 Å². The van der Waals surface area contributed by atoms with Gasteiger partial charge in [0.2, 0.25) is 10.9 Å². The molecule has 0 saturated heterocycles. The van der Waals surface area contributed by atoms with E-state index in [0.717, 1.165) is 5.56 Å². The molecule has 0 fully saturated rings. The Morgan fingerprint density at radius 3 is 2.52 bits per heavy atom. The maximum atomic E-state index is 13.4. The number of rotatable bonds is 3. The van der Waals surface area contributed by atoms with E-state index in [2.05, 4.69) is 24.0 Å². The Labute approximate surface area is 170 Å². The zero-order valence-electron chi connectivity index (χ0n) is 15.8. The molecule has 144 valence electrons. The number of benzene rings is 2. The Hall–Kier alpha value is -3.32. The minimum absolute atomic E-state index is 0.0711. The molecular formula is C22H17N3O3S. The van der Waals surface area contributed by atoms with Crippen LogP contribution in [-0.2, 0) is 0 Å². The number of anilines is 1. The van der Waals surface area contributed by atoms with Gasteiger partial charge >= 0.3 is 0 Å². The molecule has 0 aliphatic carbocycles. The van der Waals surface area contributed by atoms with Gasteiger partial charge < -0.3 is 4.42 Å². The smallest absolute Gasteiger partial charge is 0.297 e. The Bertz CT molecular complexity index is 1280. The van der Waals surface area contributed by atoms with Crippen molar-refractivity contribution in [1.82, 2.24) is 10.2 Å². The van der Waals surface area contributed by atoms with Gasteiger partial charge in [-0.15, -0.1) is 10.2 Å². The predicted octanol–water partition coefficient (Wildman–Crippen LogP) is 4.52. The molecule has 0 saturated carbocycles. The first kappa shape index (κ1) is 17.8. The molecule has 3 heterocycles. The summed E-state index contributed by atoms with van der Waals surface area (Å²) in [7, 11) is 0. The molecule has 0 radical (unpaired) electrons. The van der Waals surface area contributed by atoms with Gasteiger partial charge in [0, 0.05) is 0 Å². The number of carbonyl (C=O) groups excluding carboxylic acids is 1. The second-order valence-electron chi connectivity index (χ2n) is 7.29. The highest BCUT2D eigenvalue weighted by Gasteiger charge is 2.44. The third-order valence-corrected chi connectivity index (χ3v) is 5.94. The topological polar surface area (TPSA) is 76.3 Å². The number of aromatic nitrogens is 2. The largest absolute Gasteiger partial charge is 0.450 e. The van der Waals surface area contributed by atoms with Gasteiger partial charge in [0.25, 0.3) is 5.91 Å². The van der Waals surface area contributed by atoms with Crippen molar-refractivity contribution in [1.29, 1.82) is 0 Å². The molecule has 2 aromatic heterocycles. The maximum Gasteiger partial charge on any atom is 0.297 e. The van der Waals surface area contributed by atoms with Crippen LogP contribution in [0.4, 0.5) is 5.13 Å². The lowest BCUT2D eigenvalue weighted by molar-refractivity contribution is 0.0970. The second-order valence-corrected chi connectivity index (χ2v) is 8.10. The van der Waals surface area contributed by atoms with Crippen molar-refractivity contribution in [2.45, 2.75) is 25.8 Å². The molecule has 7 heteroatoms. The highest BCUT2D eigenvalue weighted by molar-refractivity contribution is 7.13. The molecule has 29 heavy (non-hydrogen) atoms. The van der Waals surface area contributed by atoms with E-state index in [0.29, 0.717) is 27.6 Å². The molecule has 0 bridgehead atoms. The number of carbonyl (C=O) groups is 1. The molecule has 0 unspecified atom stereocenters. The number of fused-ring (bicyclic) bond motifs is 2. The van der Waals surface area contributed by atoms with Crippen LogP contribution in [0.5, 0.6) is 0 Å². The van der Waals surface area contributed by atoms with Crippen LogP contribution < -0.4 is 10.3 Å². The van der Waals surface area contributed by atoms with Crippen LogP contribution in [0, 0.1) is 0 Å². The van der Waals surface area contributed by atoms with E-state index in [1.807, 2.05) is 24.3 Å². The number of para-hydroxylation sites is 1. The van der Waals surface area contributed by atoms with Gasteiger partial charge in [-0.05, 0) is 29.2 Å². The fourth-order valence-corrected chi connectivity index (χ4v) is 4.35. The average Bonchev–Trinajstić information content (AvgIpc) is 3.35.